The molecule has 0 radical (unpaired) electrons. The van der Waals surface area contributed by atoms with E-state index in [1.807, 2.05) is 24.3 Å². The fourth-order valence-electron chi connectivity index (χ4n) is 3.82. The molecule has 2 heterocycles. The molecule has 2 aromatic heterocycles. The average molecular weight is 452 g/mol. The zero-order valence-electron chi connectivity index (χ0n) is 17.9. The van der Waals surface area contributed by atoms with Gasteiger partial charge in [-0.3, -0.25) is 14.2 Å². The number of esters is 1. The summed E-state index contributed by atoms with van der Waals surface area (Å²) in [6, 6.07) is 12.3. The number of aromatic nitrogens is 3. The van der Waals surface area contributed by atoms with Crippen LogP contribution in [0.15, 0.2) is 54.9 Å². The third-order valence-electron chi connectivity index (χ3n) is 5.37. The Labute approximate surface area is 188 Å². The molecule has 0 bridgehead atoms. The molecule has 0 aliphatic carbocycles. The highest BCUT2D eigenvalue weighted by Crippen LogP contribution is 2.29. The molecular formula is C24H22F2N4O3. The monoisotopic (exact) mass is 452 g/mol. The van der Waals surface area contributed by atoms with Crippen LogP contribution in [0.25, 0.3) is 21.7 Å². The zero-order valence-corrected chi connectivity index (χ0v) is 17.9. The Morgan fingerprint density at radius 2 is 1.76 bits per heavy atom. The van der Waals surface area contributed by atoms with E-state index in [4.69, 9.17) is 10.5 Å². The largest absolute Gasteiger partial charge is 0.466 e. The molecule has 0 aliphatic heterocycles. The standard InChI is InChI=1S/C24H22F2N4O3/c1-2-33-23(32)17(8-10-20(25)26)14-7-9-19-18(11-14)21(29-24(27)28-19)22(31)30-12-15-5-3-4-6-16(15)13-30/h3-7,9,11-13,17,20H,2,8,10H2,1H3,(H2,27,28,29). The highest BCUT2D eigenvalue weighted by atomic mass is 19.3. The van der Waals surface area contributed by atoms with Gasteiger partial charge in [-0.1, -0.05) is 30.3 Å². The van der Waals surface area contributed by atoms with Crippen molar-refractivity contribution in [2.45, 2.75) is 32.1 Å². The maximum absolute atomic E-state index is 13.3. The Morgan fingerprint density at radius 3 is 2.39 bits per heavy atom. The normalized spacial score (nSPS) is 12.4. The van der Waals surface area contributed by atoms with E-state index in [0.29, 0.717) is 16.5 Å². The molecule has 0 fully saturated rings. The lowest BCUT2D eigenvalue weighted by Gasteiger charge is -2.17. The second-order valence-corrected chi connectivity index (χ2v) is 7.58. The molecule has 4 aromatic rings. The summed E-state index contributed by atoms with van der Waals surface area (Å²) < 4.78 is 32.3. The maximum Gasteiger partial charge on any atom is 0.313 e. The molecule has 0 amide bonds. The smallest absolute Gasteiger partial charge is 0.313 e. The van der Waals surface area contributed by atoms with Crippen molar-refractivity contribution in [1.29, 1.82) is 0 Å². The summed E-state index contributed by atoms with van der Waals surface area (Å²) in [5.74, 6) is -2.01. The molecule has 0 spiro atoms. The van der Waals surface area contributed by atoms with Crippen molar-refractivity contribution in [3.05, 3.63) is 66.1 Å². The van der Waals surface area contributed by atoms with E-state index >= 15 is 0 Å². The van der Waals surface area contributed by atoms with Crippen LogP contribution in [0.3, 0.4) is 0 Å². The van der Waals surface area contributed by atoms with Crippen LogP contribution < -0.4 is 5.73 Å². The number of hydrogen-bond acceptors (Lipinski definition) is 6. The van der Waals surface area contributed by atoms with Crippen LogP contribution in [0.5, 0.6) is 0 Å². The molecule has 33 heavy (non-hydrogen) atoms. The first-order chi connectivity index (χ1) is 15.9. The second kappa shape index (κ2) is 9.32. The van der Waals surface area contributed by atoms with Crippen molar-refractivity contribution in [3.63, 3.8) is 0 Å². The molecule has 7 nitrogen and oxygen atoms in total. The van der Waals surface area contributed by atoms with Gasteiger partial charge in [0.2, 0.25) is 12.4 Å². The van der Waals surface area contributed by atoms with E-state index in [0.717, 1.165) is 10.8 Å². The van der Waals surface area contributed by atoms with E-state index < -0.39 is 30.6 Å². The Balaban J connectivity index is 1.80. The van der Waals surface area contributed by atoms with Crippen LogP contribution >= 0.6 is 0 Å². The van der Waals surface area contributed by atoms with Gasteiger partial charge in [-0.05, 0) is 41.8 Å². The number of carbonyl (C=O) groups is 2. The number of benzene rings is 2. The number of carbonyl (C=O) groups excluding carboxylic acids is 2. The number of nitrogen functional groups attached to an aromatic ring is 1. The third kappa shape index (κ3) is 4.67. The zero-order chi connectivity index (χ0) is 23.5. The lowest BCUT2D eigenvalue weighted by atomic mass is 9.92. The number of nitrogens with two attached hydrogens (primary N) is 1. The van der Waals surface area contributed by atoms with Gasteiger partial charge in [0.05, 0.1) is 18.0 Å². The summed E-state index contributed by atoms with van der Waals surface area (Å²) in [7, 11) is 0. The van der Waals surface area contributed by atoms with Crippen molar-refractivity contribution in [2.75, 3.05) is 12.3 Å². The first kappa shape index (κ1) is 22.3. The van der Waals surface area contributed by atoms with Crippen LogP contribution in [0.2, 0.25) is 0 Å². The number of hydrogen-bond donors (Lipinski definition) is 1. The highest BCUT2D eigenvalue weighted by molar-refractivity contribution is 6.07. The van der Waals surface area contributed by atoms with Gasteiger partial charge in [0.15, 0.2) is 0 Å². The number of ether oxygens (including phenoxy) is 1. The quantitative estimate of drug-likeness (QED) is 0.413. The number of anilines is 1. The Bertz CT molecular complexity index is 1300. The molecule has 0 aliphatic rings. The van der Waals surface area contributed by atoms with Crippen molar-refractivity contribution in [3.8, 4) is 0 Å². The van der Waals surface area contributed by atoms with E-state index in [2.05, 4.69) is 9.97 Å². The SMILES string of the molecule is CCOC(=O)C(CCC(F)F)c1ccc2nc(N)nc(C(=O)n3cc4ccccc4c3)c2c1. The van der Waals surface area contributed by atoms with Crippen molar-refractivity contribution >= 4 is 39.5 Å². The molecular weight excluding hydrogens is 430 g/mol. The van der Waals surface area contributed by atoms with Crippen LogP contribution in [0.4, 0.5) is 14.7 Å². The molecule has 170 valence electrons. The topological polar surface area (TPSA) is 100 Å². The van der Waals surface area contributed by atoms with Gasteiger partial charge in [-0.15, -0.1) is 0 Å². The van der Waals surface area contributed by atoms with Crippen molar-refractivity contribution < 1.29 is 23.1 Å². The molecule has 1 atom stereocenters. The van der Waals surface area contributed by atoms with Gasteiger partial charge in [0, 0.05) is 24.2 Å². The average Bonchev–Trinajstić information content (AvgIpc) is 3.22. The lowest BCUT2D eigenvalue weighted by Crippen LogP contribution is -2.18. The summed E-state index contributed by atoms with van der Waals surface area (Å²) in [4.78, 5) is 34.2. The van der Waals surface area contributed by atoms with E-state index in [1.165, 1.54) is 4.57 Å². The predicted octanol–water partition coefficient (Wildman–Crippen LogP) is 4.55. The molecule has 1 unspecified atom stereocenters. The number of halogens is 2. The summed E-state index contributed by atoms with van der Waals surface area (Å²) in [6.45, 7) is 1.78. The minimum Gasteiger partial charge on any atom is -0.466 e. The summed E-state index contributed by atoms with van der Waals surface area (Å²) >= 11 is 0. The second-order valence-electron chi connectivity index (χ2n) is 7.58. The van der Waals surface area contributed by atoms with E-state index in [9.17, 15) is 18.4 Å². The van der Waals surface area contributed by atoms with Gasteiger partial charge < -0.3 is 10.5 Å². The number of nitrogens with zero attached hydrogens (tertiary/aromatic N) is 3. The van der Waals surface area contributed by atoms with Crippen LogP contribution in [0.1, 0.15) is 41.7 Å². The number of alkyl halides is 2. The Kier molecular flexibility index (Phi) is 6.30. The van der Waals surface area contributed by atoms with Gasteiger partial charge in [0.1, 0.15) is 5.69 Å². The Morgan fingerprint density at radius 1 is 1.06 bits per heavy atom. The fraction of sp³-hybridized carbons (Fsp3) is 0.250. The number of fused-ring (bicyclic) bond motifs is 2. The predicted molar refractivity (Wildman–Crippen MR) is 120 cm³/mol. The maximum atomic E-state index is 13.3. The van der Waals surface area contributed by atoms with Crippen molar-refractivity contribution in [2.24, 2.45) is 0 Å². The van der Waals surface area contributed by atoms with Gasteiger partial charge in [-0.2, -0.15) is 0 Å². The minimum absolute atomic E-state index is 0.0520. The first-order valence-electron chi connectivity index (χ1n) is 10.5. The molecule has 4 rings (SSSR count). The molecule has 0 saturated carbocycles. The molecule has 9 heteroatoms. The van der Waals surface area contributed by atoms with E-state index in [-0.39, 0.29) is 24.7 Å². The van der Waals surface area contributed by atoms with Gasteiger partial charge >= 0.3 is 5.97 Å². The first-order valence-corrected chi connectivity index (χ1v) is 10.5. The lowest BCUT2D eigenvalue weighted by molar-refractivity contribution is -0.145. The minimum atomic E-state index is -2.55. The van der Waals surface area contributed by atoms with Gasteiger partial charge in [-0.25, -0.2) is 18.7 Å². The van der Waals surface area contributed by atoms with Crippen LogP contribution in [-0.2, 0) is 9.53 Å². The summed E-state index contributed by atoms with van der Waals surface area (Å²) in [5.41, 5.74) is 6.74. The van der Waals surface area contributed by atoms with E-state index in [1.54, 1.807) is 37.5 Å². The fourth-order valence-corrected chi connectivity index (χ4v) is 3.82. The van der Waals surface area contributed by atoms with Gasteiger partial charge in [0.25, 0.3) is 5.91 Å². The number of rotatable bonds is 7. The Hall–Kier alpha value is -3.88. The third-order valence-corrected chi connectivity index (χ3v) is 5.37. The van der Waals surface area contributed by atoms with Crippen LogP contribution in [-0.4, -0.2) is 39.4 Å². The summed E-state index contributed by atoms with van der Waals surface area (Å²) in [5, 5.41) is 2.13. The van der Waals surface area contributed by atoms with Crippen molar-refractivity contribution in [1.82, 2.24) is 14.5 Å². The molecule has 2 aromatic carbocycles. The highest BCUT2D eigenvalue weighted by Gasteiger charge is 2.25. The molecule has 2 N–H and O–H groups in total. The molecule has 0 saturated heterocycles. The van der Waals surface area contributed by atoms with Crippen LogP contribution in [0, 0.1) is 0 Å². The summed E-state index contributed by atoms with van der Waals surface area (Å²) in [6.07, 6.45) is 0.280.